The van der Waals surface area contributed by atoms with Crippen LogP contribution in [0, 0.1) is 0 Å². The number of likely N-dealkylation sites (tertiary alicyclic amines) is 1. The van der Waals surface area contributed by atoms with Crippen molar-refractivity contribution in [2.24, 2.45) is 0 Å². The van der Waals surface area contributed by atoms with E-state index < -0.39 is 0 Å². The molecule has 1 amide bonds. The van der Waals surface area contributed by atoms with Crippen molar-refractivity contribution in [1.29, 1.82) is 0 Å². The predicted octanol–water partition coefficient (Wildman–Crippen LogP) is 1.97. The second-order valence-corrected chi connectivity index (χ2v) is 7.82. The first-order valence-electron chi connectivity index (χ1n) is 10.2. The first-order chi connectivity index (χ1) is 12.8. The average molecular weight is 357 g/mol. The molecule has 0 saturated carbocycles. The maximum atomic E-state index is 13.1. The number of carbonyl (C=O) groups is 1. The summed E-state index contributed by atoms with van der Waals surface area (Å²) in [7, 11) is 0. The van der Waals surface area contributed by atoms with E-state index in [2.05, 4.69) is 39.0 Å². The Hall–Kier alpha value is -1.43. The summed E-state index contributed by atoms with van der Waals surface area (Å²) in [6, 6.07) is 11.3. The standard InChI is InChI=1S/C21H31N3O2/c25-21(20-7-4-10-24(20)17-18-5-2-1-3-6-18)23-13-11-22(12-14-23)19-8-15-26-16-9-19/h1-3,5-6,19-20H,4,7-17H2/t20-/m0/s1. The van der Waals surface area contributed by atoms with Crippen LogP contribution in [0.25, 0.3) is 0 Å². The lowest BCUT2D eigenvalue weighted by Gasteiger charge is -2.41. The van der Waals surface area contributed by atoms with Crippen molar-refractivity contribution in [3.8, 4) is 0 Å². The van der Waals surface area contributed by atoms with Gasteiger partial charge in [0.05, 0.1) is 6.04 Å². The molecule has 0 aliphatic carbocycles. The number of amides is 1. The number of hydrogen-bond acceptors (Lipinski definition) is 4. The van der Waals surface area contributed by atoms with Crippen molar-refractivity contribution >= 4 is 5.91 Å². The lowest BCUT2D eigenvalue weighted by atomic mass is 10.1. The van der Waals surface area contributed by atoms with E-state index >= 15 is 0 Å². The highest BCUT2D eigenvalue weighted by Crippen LogP contribution is 2.23. The molecule has 3 aliphatic heterocycles. The van der Waals surface area contributed by atoms with E-state index in [0.717, 1.165) is 78.2 Å². The first kappa shape index (κ1) is 18.0. The van der Waals surface area contributed by atoms with E-state index in [-0.39, 0.29) is 6.04 Å². The fourth-order valence-corrected chi connectivity index (χ4v) is 4.68. The molecule has 0 spiro atoms. The molecule has 0 N–H and O–H groups in total. The third-order valence-electron chi connectivity index (χ3n) is 6.21. The van der Waals surface area contributed by atoms with Crippen molar-refractivity contribution in [3.63, 3.8) is 0 Å². The Morgan fingerprint density at radius 2 is 1.69 bits per heavy atom. The number of benzene rings is 1. The topological polar surface area (TPSA) is 36.0 Å². The average Bonchev–Trinajstić information content (AvgIpc) is 3.17. The summed E-state index contributed by atoms with van der Waals surface area (Å²) in [5, 5.41) is 0. The Balaban J connectivity index is 1.31. The van der Waals surface area contributed by atoms with Gasteiger partial charge in [-0.05, 0) is 37.8 Å². The minimum atomic E-state index is 0.0739. The lowest BCUT2D eigenvalue weighted by molar-refractivity contribution is -0.138. The molecule has 1 atom stereocenters. The highest BCUT2D eigenvalue weighted by Gasteiger charge is 2.35. The minimum Gasteiger partial charge on any atom is -0.381 e. The number of piperazine rings is 1. The zero-order chi connectivity index (χ0) is 17.8. The molecule has 5 heteroatoms. The van der Waals surface area contributed by atoms with Crippen LogP contribution in [-0.4, -0.2) is 78.6 Å². The fourth-order valence-electron chi connectivity index (χ4n) is 4.68. The maximum Gasteiger partial charge on any atom is 0.240 e. The van der Waals surface area contributed by atoms with Crippen LogP contribution in [0.4, 0.5) is 0 Å². The van der Waals surface area contributed by atoms with Crippen molar-refractivity contribution in [3.05, 3.63) is 35.9 Å². The molecule has 3 heterocycles. The normalized spacial score (nSPS) is 26.3. The van der Waals surface area contributed by atoms with Crippen LogP contribution in [0.5, 0.6) is 0 Å². The van der Waals surface area contributed by atoms with Gasteiger partial charge in [-0.1, -0.05) is 30.3 Å². The van der Waals surface area contributed by atoms with Crippen molar-refractivity contribution in [2.45, 2.75) is 44.3 Å². The summed E-state index contributed by atoms with van der Waals surface area (Å²) in [6.07, 6.45) is 4.42. The van der Waals surface area contributed by atoms with E-state index in [0.29, 0.717) is 11.9 Å². The molecule has 0 radical (unpaired) electrons. The predicted molar refractivity (Wildman–Crippen MR) is 102 cm³/mol. The summed E-state index contributed by atoms with van der Waals surface area (Å²) in [4.78, 5) is 20.2. The molecule has 3 aliphatic rings. The SMILES string of the molecule is O=C([C@@H]1CCCN1Cc1ccccc1)N1CCN(C2CCOCC2)CC1. The van der Waals surface area contributed by atoms with E-state index in [1.807, 2.05) is 6.07 Å². The highest BCUT2D eigenvalue weighted by molar-refractivity contribution is 5.82. The monoisotopic (exact) mass is 357 g/mol. The molecular weight excluding hydrogens is 326 g/mol. The van der Waals surface area contributed by atoms with Gasteiger partial charge in [-0.2, -0.15) is 0 Å². The van der Waals surface area contributed by atoms with Crippen LogP contribution in [0.15, 0.2) is 30.3 Å². The maximum absolute atomic E-state index is 13.1. The minimum absolute atomic E-state index is 0.0739. The van der Waals surface area contributed by atoms with Gasteiger partial charge in [0.2, 0.25) is 5.91 Å². The van der Waals surface area contributed by atoms with Crippen LogP contribution in [0.2, 0.25) is 0 Å². The molecule has 3 fully saturated rings. The van der Waals surface area contributed by atoms with Gasteiger partial charge in [0, 0.05) is 52.0 Å². The van der Waals surface area contributed by atoms with Gasteiger partial charge in [0.15, 0.2) is 0 Å². The van der Waals surface area contributed by atoms with E-state index in [1.54, 1.807) is 0 Å². The first-order valence-corrected chi connectivity index (χ1v) is 10.2. The molecule has 0 aromatic heterocycles. The Kier molecular flexibility index (Phi) is 5.88. The van der Waals surface area contributed by atoms with Crippen molar-refractivity contribution in [1.82, 2.24) is 14.7 Å². The molecule has 1 aromatic rings. The van der Waals surface area contributed by atoms with Crippen molar-refractivity contribution in [2.75, 3.05) is 45.9 Å². The number of nitrogens with zero attached hydrogens (tertiary/aromatic N) is 3. The molecular formula is C21H31N3O2. The summed E-state index contributed by atoms with van der Waals surface area (Å²) in [6.45, 7) is 7.49. The smallest absolute Gasteiger partial charge is 0.240 e. The van der Waals surface area contributed by atoms with Gasteiger partial charge in [-0.25, -0.2) is 0 Å². The molecule has 26 heavy (non-hydrogen) atoms. The van der Waals surface area contributed by atoms with E-state index in [1.165, 1.54) is 5.56 Å². The summed E-state index contributed by atoms with van der Waals surface area (Å²) < 4.78 is 5.48. The summed E-state index contributed by atoms with van der Waals surface area (Å²) in [5.74, 6) is 0.352. The Labute approximate surface area is 156 Å². The number of rotatable bonds is 4. The zero-order valence-electron chi connectivity index (χ0n) is 15.7. The third kappa shape index (κ3) is 4.11. The number of carbonyl (C=O) groups excluding carboxylic acids is 1. The summed E-state index contributed by atoms with van der Waals surface area (Å²) >= 11 is 0. The zero-order valence-corrected chi connectivity index (χ0v) is 15.7. The van der Waals surface area contributed by atoms with Crippen LogP contribution >= 0.6 is 0 Å². The quantitative estimate of drug-likeness (QED) is 0.826. The van der Waals surface area contributed by atoms with Gasteiger partial charge in [0.1, 0.15) is 0 Å². The molecule has 3 saturated heterocycles. The second-order valence-electron chi connectivity index (χ2n) is 7.82. The van der Waals surface area contributed by atoms with Gasteiger partial charge in [-0.3, -0.25) is 14.6 Å². The molecule has 0 unspecified atom stereocenters. The fraction of sp³-hybridized carbons (Fsp3) is 0.667. The van der Waals surface area contributed by atoms with Crippen LogP contribution < -0.4 is 0 Å². The third-order valence-corrected chi connectivity index (χ3v) is 6.21. The molecule has 142 valence electrons. The van der Waals surface area contributed by atoms with Gasteiger partial charge in [-0.15, -0.1) is 0 Å². The lowest BCUT2D eigenvalue weighted by Crippen LogP contribution is -2.56. The highest BCUT2D eigenvalue weighted by atomic mass is 16.5. The van der Waals surface area contributed by atoms with Gasteiger partial charge >= 0.3 is 0 Å². The Morgan fingerprint density at radius 3 is 2.42 bits per heavy atom. The van der Waals surface area contributed by atoms with Crippen LogP contribution in [0.3, 0.4) is 0 Å². The molecule has 0 bridgehead atoms. The van der Waals surface area contributed by atoms with E-state index in [9.17, 15) is 4.79 Å². The molecule has 5 nitrogen and oxygen atoms in total. The Morgan fingerprint density at radius 1 is 0.962 bits per heavy atom. The van der Waals surface area contributed by atoms with Crippen molar-refractivity contribution < 1.29 is 9.53 Å². The second kappa shape index (κ2) is 8.51. The number of ether oxygens (including phenoxy) is 1. The van der Waals surface area contributed by atoms with Gasteiger partial charge in [0.25, 0.3) is 0 Å². The van der Waals surface area contributed by atoms with E-state index in [4.69, 9.17) is 4.74 Å². The largest absolute Gasteiger partial charge is 0.381 e. The molecule has 1 aromatic carbocycles. The summed E-state index contributed by atoms with van der Waals surface area (Å²) in [5.41, 5.74) is 1.30. The molecule has 4 rings (SSSR count). The Bertz CT molecular complexity index is 580. The van der Waals surface area contributed by atoms with Crippen LogP contribution in [-0.2, 0) is 16.1 Å². The van der Waals surface area contributed by atoms with Gasteiger partial charge < -0.3 is 9.64 Å². The van der Waals surface area contributed by atoms with Crippen LogP contribution in [0.1, 0.15) is 31.2 Å². The number of hydrogen-bond donors (Lipinski definition) is 0.